The number of thiazole rings is 1. The summed E-state index contributed by atoms with van der Waals surface area (Å²) in [5.74, 6) is 0.831. The molecule has 0 fully saturated rings. The molecule has 3 rings (SSSR count). The molecule has 9 heteroatoms. The molecule has 0 saturated heterocycles. The maximum atomic E-state index is 12.2. The number of anilines is 1. The van der Waals surface area contributed by atoms with Crippen LogP contribution < -0.4 is 15.4 Å². The van der Waals surface area contributed by atoms with Gasteiger partial charge in [-0.3, -0.25) is 0 Å². The minimum atomic E-state index is -3.35. The van der Waals surface area contributed by atoms with Crippen molar-refractivity contribution in [3.63, 3.8) is 0 Å². The number of benzene rings is 2. The number of hydrogen-bond donors (Lipinski definition) is 2. The summed E-state index contributed by atoms with van der Waals surface area (Å²) in [6, 6.07) is 12.2. The van der Waals surface area contributed by atoms with E-state index in [-0.39, 0.29) is 16.1 Å². The third-order valence-corrected chi connectivity index (χ3v) is 7.37. The maximum Gasteiger partial charge on any atom is 0.319 e. The Balaban J connectivity index is 1.65. The van der Waals surface area contributed by atoms with Gasteiger partial charge in [-0.2, -0.15) is 0 Å². The fourth-order valence-electron chi connectivity index (χ4n) is 2.57. The topological polar surface area (TPSA) is 97.4 Å². The molecule has 2 aromatic carbocycles. The predicted molar refractivity (Wildman–Crippen MR) is 111 cm³/mol. The van der Waals surface area contributed by atoms with E-state index in [0.29, 0.717) is 28.9 Å². The molecule has 2 N–H and O–H groups in total. The fraction of sp³-hybridized carbons (Fsp3) is 0.263. The molecule has 1 heterocycles. The summed E-state index contributed by atoms with van der Waals surface area (Å²) in [5.41, 5.74) is 2.12. The molecule has 0 unspecified atom stereocenters. The van der Waals surface area contributed by atoms with Crippen molar-refractivity contribution in [1.82, 2.24) is 10.3 Å². The zero-order chi connectivity index (χ0) is 20.1. The van der Waals surface area contributed by atoms with E-state index in [9.17, 15) is 13.2 Å². The van der Waals surface area contributed by atoms with Crippen LogP contribution in [0.1, 0.15) is 18.9 Å². The van der Waals surface area contributed by atoms with Crippen LogP contribution in [0, 0.1) is 0 Å². The van der Waals surface area contributed by atoms with Crippen LogP contribution in [-0.2, 0) is 16.4 Å². The number of fused-ring (bicyclic) bond motifs is 1. The van der Waals surface area contributed by atoms with E-state index < -0.39 is 9.84 Å². The highest BCUT2D eigenvalue weighted by atomic mass is 32.2. The summed E-state index contributed by atoms with van der Waals surface area (Å²) in [7, 11) is -1.75. The van der Waals surface area contributed by atoms with Crippen molar-refractivity contribution in [2.75, 3.05) is 18.2 Å². The highest BCUT2D eigenvalue weighted by Crippen LogP contribution is 2.28. The van der Waals surface area contributed by atoms with Crippen LogP contribution in [0.2, 0.25) is 0 Å². The smallest absolute Gasteiger partial charge is 0.319 e. The first kappa shape index (κ1) is 20.1. The number of rotatable bonds is 7. The third kappa shape index (κ3) is 4.79. The van der Waals surface area contributed by atoms with Gasteiger partial charge in [0, 0.05) is 12.2 Å². The standard InChI is InChI=1S/C19H21N3O4S2/c1-3-10-28(24,25)19-22-16-9-6-14(11-17(16)27-19)21-18(23)20-12-13-4-7-15(26-2)8-5-13/h4-9,11H,3,10,12H2,1-2H3,(H2,20,21,23). The van der Waals surface area contributed by atoms with E-state index in [2.05, 4.69) is 15.6 Å². The minimum absolute atomic E-state index is 0.0751. The molecular weight excluding hydrogens is 398 g/mol. The average molecular weight is 420 g/mol. The second kappa shape index (κ2) is 8.57. The lowest BCUT2D eigenvalue weighted by atomic mass is 10.2. The van der Waals surface area contributed by atoms with Crippen molar-refractivity contribution in [3.8, 4) is 5.75 Å². The number of carbonyl (C=O) groups is 1. The molecule has 0 saturated carbocycles. The second-order valence-electron chi connectivity index (χ2n) is 6.14. The molecule has 148 valence electrons. The lowest BCUT2D eigenvalue weighted by Crippen LogP contribution is -2.28. The van der Waals surface area contributed by atoms with E-state index in [1.807, 2.05) is 31.2 Å². The Hall–Kier alpha value is -2.65. The predicted octanol–water partition coefficient (Wildman–Crippen LogP) is 3.81. The molecule has 3 aromatic rings. The molecule has 0 atom stereocenters. The summed E-state index contributed by atoms with van der Waals surface area (Å²) in [4.78, 5) is 16.3. The number of nitrogens with one attached hydrogen (secondary N) is 2. The second-order valence-corrected chi connectivity index (χ2v) is 9.45. The van der Waals surface area contributed by atoms with Crippen molar-refractivity contribution in [2.45, 2.75) is 24.2 Å². The molecule has 7 nitrogen and oxygen atoms in total. The van der Waals surface area contributed by atoms with Gasteiger partial charge in [0.1, 0.15) is 5.75 Å². The molecule has 0 spiro atoms. The molecular formula is C19H21N3O4S2. The van der Waals surface area contributed by atoms with Crippen molar-refractivity contribution < 1.29 is 17.9 Å². The number of nitrogens with zero attached hydrogens (tertiary/aromatic N) is 1. The summed E-state index contributed by atoms with van der Waals surface area (Å²) in [6.45, 7) is 2.19. The van der Waals surface area contributed by atoms with E-state index in [1.165, 1.54) is 0 Å². The number of urea groups is 1. The SMILES string of the molecule is CCCS(=O)(=O)c1nc2ccc(NC(=O)NCc3ccc(OC)cc3)cc2s1. The first-order valence-corrected chi connectivity index (χ1v) is 11.2. The van der Waals surface area contributed by atoms with Gasteiger partial charge in [-0.05, 0) is 42.3 Å². The van der Waals surface area contributed by atoms with Crippen molar-refractivity contribution >= 4 is 43.1 Å². The molecule has 2 amide bonds. The van der Waals surface area contributed by atoms with Crippen LogP contribution in [0.4, 0.5) is 10.5 Å². The number of carbonyl (C=O) groups excluding carboxylic acids is 1. The summed E-state index contributed by atoms with van der Waals surface area (Å²) < 4.78 is 30.3. The molecule has 1 aromatic heterocycles. The zero-order valence-corrected chi connectivity index (χ0v) is 17.2. The highest BCUT2D eigenvalue weighted by Gasteiger charge is 2.18. The Labute approximate surface area is 167 Å². The monoisotopic (exact) mass is 419 g/mol. The van der Waals surface area contributed by atoms with Crippen LogP contribution in [0.25, 0.3) is 10.2 Å². The maximum absolute atomic E-state index is 12.2. The summed E-state index contributed by atoms with van der Waals surface area (Å²) in [6.07, 6.45) is 0.541. The van der Waals surface area contributed by atoms with Gasteiger partial charge in [-0.25, -0.2) is 18.2 Å². The van der Waals surface area contributed by atoms with Gasteiger partial charge in [-0.1, -0.05) is 19.1 Å². The molecule has 0 radical (unpaired) electrons. The Morgan fingerprint density at radius 3 is 2.61 bits per heavy atom. The largest absolute Gasteiger partial charge is 0.497 e. The van der Waals surface area contributed by atoms with Crippen LogP contribution in [0.15, 0.2) is 46.8 Å². The van der Waals surface area contributed by atoms with Gasteiger partial charge < -0.3 is 15.4 Å². The van der Waals surface area contributed by atoms with E-state index in [0.717, 1.165) is 22.6 Å². The van der Waals surface area contributed by atoms with Crippen LogP contribution in [-0.4, -0.2) is 32.3 Å². The number of sulfone groups is 1. The van der Waals surface area contributed by atoms with Gasteiger partial charge in [0.25, 0.3) is 0 Å². The number of amides is 2. The first-order chi connectivity index (χ1) is 13.4. The van der Waals surface area contributed by atoms with Crippen LogP contribution >= 0.6 is 11.3 Å². The van der Waals surface area contributed by atoms with Gasteiger partial charge in [0.05, 0.1) is 23.1 Å². The quantitative estimate of drug-likeness (QED) is 0.607. The number of hydrogen-bond acceptors (Lipinski definition) is 6. The number of methoxy groups -OCH3 is 1. The Bertz CT molecular complexity index is 1080. The molecule has 0 aliphatic heterocycles. The van der Waals surface area contributed by atoms with Crippen LogP contribution in [0.5, 0.6) is 5.75 Å². The van der Waals surface area contributed by atoms with Gasteiger partial charge in [-0.15, -0.1) is 11.3 Å². The van der Waals surface area contributed by atoms with Gasteiger partial charge >= 0.3 is 6.03 Å². The summed E-state index contributed by atoms with van der Waals surface area (Å²) in [5, 5.41) is 5.53. The number of aromatic nitrogens is 1. The summed E-state index contributed by atoms with van der Waals surface area (Å²) >= 11 is 1.12. The molecule has 28 heavy (non-hydrogen) atoms. The van der Waals surface area contributed by atoms with E-state index >= 15 is 0 Å². The minimum Gasteiger partial charge on any atom is -0.497 e. The Morgan fingerprint density at radius 1 is 1.18 bits per heavy atom. The third-order valence-electron chi connectivity index (χ3n) is 3.98. The fourth-order valence-corrected chi connectivity index (χ4v) is 5.28. The lowest BCUT2D eigenvalue weighted by molar-refractivity contribution is 0.251. The molecule has 0 aliphatic carbocycles. The lowest BCUT2D eigenvalue weighted by Gasteiger charge is -2.08. The van der Waals surface area contributed by atoms with E-state index in [4.69, 9.17) is 4.74 Å². The molecule has 0 aliphatic rings. The van der Waals surface area contributed by atoms with Crippen LogP contribution in [0.3, 0.4) is 0 Å². The van der Waals surface area contributed by atoms with Gasteiger partial charge in [0.2, 0.25) is 14.2 Å². The zero-order valence-electron chi connectivity index (χ0n) is 15.6. The average Bonchev–Trinajstić information content (AvgIpc) is 3.11. The highest BCUT2D eigenvalue weighted by molar-refractivity contribution is 7.93. The Kier molecular flexibility index (Phi) is 6.15. The number of ether oxygens (including phenoxy) is 1. The van der Waals surface area contributed by atoms with Crippen molar-refractivity contribution in [2.24, 2.45) is 0 Å². The van der Waals surface area contributed by atoms with Gasteiger partial charge in [0.15, 0.2) is 0 Å². The van der Waals surface area contributed by atoms with Crippen molar-refractivity contribution in [3.05, 3.63) is 48.0 Å². The van der Waals surface area contributed by atoms with E-state index in [1.54, 1.807) is 25.3 Å². The van der Waals surface area contributed by atoms with Crippen molar-refractivity contribution in [1.29, 1.82) is 0 Å². The first-order valence-electron chi connectivity index (χ1n) is 8.72. The Morgan fingerprint density at radius 2 is 1.93 bits per heavy atom. The molecule has 0 bridgehead atoms. The normalized spacial score (nSPS) is 11.4.